The Morgan fingerprint density at radius 1 is 1.27 bits per heavy atom. The highest BCUT2D eigenvalue weighted by Gasteiger charge is 2.23. The summed E-state index contributed by atoms with van der Waals surface area (Å²) in [6, 6.07) is 4.68. The lowest BCUT2D eigenvalue weighted by molar-refractivity contribution is 0.00752. The van der Waals surface area contributed by atoms with Gasteiger partial charge in [0.15, 0.2) is 5.96 Å². The van der Waals surface area contributed by atoms with Gasteiger partial charge in [-0.05, 0) is 30.9 Å². The first-order valence-electron chi connectivity index (χ1n) is 9.28. The quantitative estimate of drug-likeness (QED) is 0.359. The molecule has 2 rings (SSSR count). The van der Waals surface area contributed by atoms with E-state index in [0.29, 0.717) is 12.0 Å². The zero-order chi connectivity index (χ0) is 18.1. The van der Waals surface area contributed by atoms with Gasteiger partial charge in [-0.3, -0.25) is 14.9 Å². The number of aryl methyl sites for hydroxylation is 1. The van der Waals surface area contributed by atoms with Crippen LogP contribution in [-0.4, -0.2) is 68.3 Å². The number of nitrogens with zero attached hydrogens (tertiary/aromatic N) is 3. The van der Waals surface area contributed by atoms with E-state index in [4.69, 9.17) is 4.74 Å². The van der Waals surface area contributed by atoms with E-state index >= 15 is 0 Å². The lowest BCUT2D eigenvalue weighted by Gasteiger charge is -2.37. The van der Waals surface area contributed by atoms with Crippen LogP contribution in [0.4, 0.5) is 0 Å². The van der Waals surface area contributed by atoms with Crippen LogP contribution in [0.1, 0.15) is 25.1 Å². The Labute approximate surface area is 175 Å². The SMILES string of the molecule is CN=C(NCCc1ccc(C)nc1)NCC(C(C)C)N1CCOCC1.I. The van der Waals surface area contributed by atoms with E-state index in [1.807, 2.05) is 20.2 Å². The topological polar surface area (TPSA) is 61.8 Å². The van der Waals surface area contributed by atoms with E-state index in [0.717, 1.165) is 57.5 Å². The minimum absolute atomic E-state index is 0. The summed E-state index contributed by atoms with van der Waals surface area (Å²) in [5.74, 6) is 1.45. The molecule has 0 saturated carbocycles. The van der Waals surface area contributed by atoms with E-state index in [1.54, 1.807) is 0 Å². The van der Waals surface area contributed by atoms with Crippen LogP contribution in [0.25, 0.3) is 0 Å². The van der Waals surface area contributed by atoms with Gasteiger partial charge in [-0.25, -0.2) is 0 Å². The summed E-state index contributed by atoms with van der Waals surface area (Å²) in [5, 5.41) is 6.88. The highest BCUT2D eigenvalue weighted by Crippen LogP contribution is 2.12. The molecule has 1 aliphatic rings. The summed E-state index contributed by atoms with van der Waals surface area (Å²) >= 11 is 0. The van der Waals surface area contributed by atoms with E-state index in [-0.39, 0.29) is 24.0 Å². The molecule has 2 N–H and O–H groups in total. The van der Waals surface area contributed by atoms with Crippen molar-refractivity contribution in [3.8, 4) is 0 Å². The first-order valence-corrected chi connectivity index (χ1v) is 9.28. The molecular formula is C19H34IN5O. The fourth-order valence-electron chi connectivity index (χ4n) is 3.09. The van der Waals surface area contributed by atoms with Crippen LogP contribution >= 0.6 is 24.0 Å². The van der Waals surface area contributed by atoms with Crippen LogP contribution in [0, 0.1) is 12.8 Å². The van der Waals surface area contributed by atoms with Crippen molar-refractivity contribution in [3.63, 3.8) is 0 Å². The van der Waals surface area contributed by atoms with Crippen LogP contribution in [0.15, 0.2) is 23.3 Å². The van der Waals surface area contributed by atoms with E-state index < -0.39 is 0 Å². The van der Waals surface area contributed by atoms with Crippen molar-refractivity contribution in [2.75, 3.05) is 46.4 Å². The van der Waals surface area contributed by atoms with Gasteiger partial charge in [0, 0.05) is 51.2 Å². The normalized spacial score (nSPS) is 16.9. The zero-order valence-corrected chi connectivity index (χ0v) is 18.8. The summed E-state index contributed by atoms with van der Waals surface area (Å²) in [6.07, 6.45) is 2.88. The molecule has 7 heteroatoms. The molecule has 1 fully saturated rings. The van der Waals surface area contributed by atoms with Gasteiger partial charge in [-0.15, -0.1) is 24.0 Å². The molecule has 1 aromatic heterocycles. The monoisotopic (exact) mass is 475 g/mol. The first kappa shape index (κ1) is 23.1. The third-order valence-corrected chi connectivity index (χ3v) is 4.67. The first-order chi connectivity index (χ1) is 12.1. The highest BCUT2D eigenvalue weighted by molar-refractivity contribution is 14.0. The summed E-state index contributed by atoms with van der Waals surface area (Å²) in [4.78, 5) is 11.2. The smallest absolute Gasteiger partial charge is 0.191 e. The maximum Gasteiger partial charge on any atom is 0.191 e. The molecule has 0 aromatic carbocycles. The van der Waals surface area contributed by atoms with Crippen molar-refractivity contribution in [1.29, 1.82) is 0 Å². The average Bonchev–Trinajstić information content (AvgIpc) is 2.62. The number of halogens is 1. The Kier molecular flexibility index (Phi) is 11.1. The molecule has 1 aromatic rings. The summed E-state index contributed by atoms with van der Waals surface area (Å²) in [7, 11) is 1.82. The van der Waals surface area contributed by atoms with Crippen molar-refractivity contribution >= 4 is 29.9 Å². The Balaban J connectivity index is 0.00000338. The standard InChI is InChI=1S/C19H33N5O.HI/c1-15(2)18(24-9-11-25-12-10-24)14-23-19(20-4)21-8-7-17-6-5-16(3)22-13-17;/h5-6,13,15,18H,7-12,14H2,1-4H3,(H2,20,21,23);1H. The van der Waals surface area contributed by atoms with Crippen LogP contribution in [0.5, 0.6) is 0 Å². The van der Waals surface area contributed by atoms with E-state index in [1.165, 1.54) is 5.56 Å². The van der Waals surface area contributed by atoms with Gasteiger partial charge in [-0.2, -0.15) is 0 Å². The van der Waals surface area contributed by atoms with Crippen molar-refractivity contribution in [1.82, 2.24) is 20.5 Å². The third kappa shape index (κ3) is 7.75. The van der Waals surface area contributed by atoms with Crippen LogP contribution in [0.2, 0.25) is 0 Å². The van der Waals surface area contributed by atoms with Crippen molar-refractivity contribution in [2.45, 2.75) is 33.2 Å². The fourth-order valence-corrected chi connectivity index (χ4v) is 3.09. The molecular weight excluding hydrogens is 441 g/mol. The molecule has 6 nitrogen and oxygen atoms in total. The van der Waals surface area contributed by atoms with Crippen LogP contribution in [0.3, 0.4) is 0 Å². The maximum atomic E-state index is 5.48. The van der Waals surface area contributed by atoms with Gasteiger partial charge in [0.25, 0.3) is 0 Å². The van der Waals surface area contributed by atoms with E-state index in [9.17, 15) is 0 Å². The Hall–Kier alpha value is -0.930. The molecule has 1 atom stereocenters. The minimum Gasteiger partial charge on any atom is -0.379 e. The Morgan fingerprint density at radius 3 is 2.58 bits per heavy atom. The number of nitrogens with one attached hydrogen (secondary N) is 2. The molecule has 0 radical (unpaired) electrons. The summed E-state index contributed by atoms with van der Waals surface area (Å²) in [6.45, 7) is 12.0. The number of hydrogen-bond acceptors (Lipinski definition) is 4. The largest absolute Gasteiger partial charge is 0.379 e. The van der Waals surface area contributed by atoms with Crippen molar-refractivity contribution in [2.24, 2.45) is 10.9 Å². The third-order valence-electron chi connectivity index (χ3n) is 4.67. The number of rotatable bonds is 7. The van der Waals surface area contributed by atoms with Gasteiger partial charge in [-0.1, -0.05) is 19.9 Å². The molecule has 0 aliphatic carbocycles. The number of aromatic nitrogens is 1. The van der Waals surface area contributed by atoms with E-state index in [2.05, 4.69) is 51.5 Å². The molecule has 148 valence electrons. The van der Waals surface area contributed by atoms with Gasteiger partial charge < -0.3 is 15.4 Å². The number of guanidine groups is 1. The Morgan fingerprint density at radius 2 is 2.00 bits per heavy atom. The molecule has 0 spiro atoms. The second kappa shape index (κ2) is 12.5. The van der Waals surface area contributed by atoms with Gasteiger partial charge in [0.1, 0.15) is 0 Å². The Bertz CT molecular complexity index is 529. The second-order valence-corrected chi connectivity index (χ2v) is 6.90. The molecule has 0 amide bonds. The molecule has 1 aliphatic heterocycles. The number of ether oxygens (including phenoxy) is 1. The van der Waals surface area contributed by atoms with Gasteiger partial charge >= 0.3 is 0 Å². The highest BCUT2D eigenvalue weighted by atomic mass is 127. The lowest BCUT2D eigenvalue weighted by Crippen LogP contribution is -2.52. The fraction of sp³-hybridized carbons (Fsp3) is 0.684. The number of pyridine rings is 1. The second-order valence-electron chi connectivity index (χ2n) is 6.90. The molecule has 1 saturated heterocycles. The molecule has 2 heterocycles. The predicted molar refractivity (Wildman–Crippen MR) is 118 cm³/mol. The van der Waals surface area contributed by atoms with Crippen molar-refractivity contribution in [3.05, 3.63) is 29.6 Å². The zero-order valence-electron chi connectivity index (χ0n) is 16.5. The predicted octanol–water partition coefficient (Wildman–Crippen LogP) is 2.07. The van der Waals surface area contributed by atoms with Crippen LogP contribution in [-0.2, 0) is 11.2 Å². The average molecular weight is 475 g/mol. The maximum absolute atomic E-state index is 5.48. The van der Waals surface area contributed by atoms with Crippen LogP contribution < -0.4 is 10.6 Å². The number of hydrogen-bond donors (Lipinski definition) is 2. The molecule has 26 heavy (non-hydrogen) atoms. The summed E-state index contributed by atoms with van der Waals surface area (Å²) in [5.41, 5.74) is 2.29. The number of aliphatic imine (C=N–C) groups is 1. The number of morpholine rings is 1. The van der Waals surface area contributed by atoms with Crippen molar-refractivity contribution < 1.29 is 4.74 Å². The summed E-state index contributed by atoms with van der Waals surface area (Å²) < 4.78 is 5.48. The van der Waals surface area contributed by atoms with Gasteiger partial charge in [0.05, 0.1) is 13.2 Å². The minimum atomic E-state index is 0. The lowest BCUT2D eigenvalue weighted by atomic mass is 10.0. The molecule has 0 bridgehead atoms. The molecule has 1 unspecified atom stereocenters. The van der Waals surface area contributed by atoms with Gasteiger partial charge in [0.2, 0.25) is 0 Å².